The van der Waals surface area contributed by atoms with Crippen LogP contribution >= 0.6 is 0 Å². The first kappa shape index (κ1) is 14.6. The van der Waals surface area contributed by atoms with E-state index < -0.39 is 23.3 Å². The molecule has 6 heteroatoms. The third kappa shape index (κ3) is 2.34. The molecule has 116 valence electrons. The molecule has 1 aliphatic heterocycles. The van der Waals surface area contributed by atoms with Crippen molar-refractivity contribution in [2.24, 2.45) is 5.41 Å². The van der Waals surface area contributed by atoms with Crippen LogP contribution in [0.5, 0.6) is 0 Å². The van der Waals surface area contributed by atoms with Crippen molar-refractivity contribution in [1.82, 2.24) is 5.32 Å². The number of carboxylic acids is 1. The Morgan fingerprint density at radius 1 is 1.27 bits per heavy atom. The molecule has 3 rings (SSSR count). The number of hydrogen-bond acceptors (Lipinski definition) is 3. The number of benzene rings is 1. The molecule has 2 amide bonds. The lowest BCUT2D eigenvalue weighted by Gasteiger charge is -2.18. The van der Waals surface area contributed by atoms with Gasteiger partial charge in [0.1, 0.15) is 11.5 Å². The van der Waals surface area contributed by atoms with Gasteiger partial charge in [0.2, 0.25) is 11.8 Å². The van der Waals surface area contributed by atoms with Crippen LogP contribution in [0.4, 0.5) is 5.69 Å². The summed E-state index contributed by atoms with van der Waals surface area (Å²) < 4.78 is 0. The van der Waals surface area contributed by atoms with Gasteiger partial charge in [-0.3, -0.25) is 14.4 Å². The number of anilines is 1. The molecule has 6 nitrogen and oxygen atoms in total. The third-order valence-electron chi connectivity index (χ3n) is 4.45. The van der Waals surface area contributed by atoms with Crippen molar-refractivity contribution in [3.05, 3.63) is 29.8 Å². The second-order valence-corrected chi connectivity index (χ2v) is 6.03. The van der Waals surface area contributed by atoms with Gasteiger partial charge in [-0.05, 0) is 38.3 Å². The van der Waals surface area contributed by atoms with Crippen molar-refractivity contribution < 1.29 is 19.5 Å². The van der Waals surface area contributed by atoms with Gasteiger partial charge in [0.15, 0.2) is 0 Å². The number of nitrogens with zero attached hydrogens (tertiary/aromatic N) is 1. The van der Waals surface area contributed by atoms with E-state index in [-0.39, 0.29) is 5.91 Å². The second kappa shape index (κ2) is 5.12. The highest BCUT2D eigenvalue weighted by Gasteiger charge is 2.57. The Bertz CT molecular complexity index is 634. The van der Waals surface area contributed by atoms with E-state index in [9.17, 15) is 14.4 Å². The van der Waals surface area contributed by atoms with E-state index in [0.29, 0.717) is 25.8 Å². The summed E-state index contributed by atoms with van der Waals surface area (Å²) in [4.78, 5) is 37.3. The Morgan fingerprint density at radius 2 is 1.91 bits per heavy atom. The molecule has 1 aromatic carbocycles. The highest BCUT2D eigenvalue weighted by molar-refractivity contribution is 6.08. The fourth-order valence-electron chi connectivity index (χ4n) is 2.75. The zero-order chi connectivity index (χ0) is 15.9. The minimum atomic E-state index is -1.31. The van der Waals surface area contributed by atoms with Gasteiger partial charge < -0.3 is 15.3 Å². The number of hydrogen-bond donors (Lipinski definition) is 2. The fourth-order valence-corrected chi connectivity index (χ4v) is 2.75. The summed E-state index contributed by atoms with van der Waals surface area (Å²) in [5, 5.41) is 11.7. The van der Waals surface area contributed by atoms with Crippen LogP contribution in [0.3, 0.4) is 0 Å². The number of amides is 2. The molecule has 1 saturated carbocycles. The van der Waals surface area contributed by atoms with Crippen molar-refractivity contribution in [2.75, 3.05) is 11.4 Å². The van der Waals surface area contributed by atoms with Gasteiger partial charge in [0, 0.05) is 12.2 Å². The number of rotatable bonds is 4. The van der Waals surface area contributed by atoms with E-state index in [2.05, 4.69) is 5.32 Å². The fraction of sp³-hybridized carbons (Fsp3) is 0.438. The van der Waals surface area contributed by atoms with E-state index in [1.165, 1.54) is 0 Å². The minimum Gasteiger partial charge on any atom is -0.480 e. The first-order valence-corrected chi connectivity index (χ1v) is 7.36. The Kier molecular flexibility index (Phi) is 3.39. The molecule has 0 radical (unpaired) electrons. The monoisotopic (exact) mass is 302 g/mol. The molecule has 1 heterocycles. The van der Waals surface area contributed by atoms with Gasteiger partial charge in [-0.1, -0.05) is 17.7 Å². The van der Waals surface area contributed by atoms with E-state index in [1.54, 1.807) is 4.90 Å². The molecule has 1 saturated heterocycles. The predicted octanol–water partition coefficient (Wildman–Crippen LogP) is 1.08. The normalized spacial score (nSPS) is 22.5. The molecule has 0 spiro atoms. The average Bonchev–Trinajstić information content (AvgIpc) is 3.23. The molecule has 1 aliphatic carbocycles. The Morgan fingerprint density at radius 3 is 2.45 bits per heavy atom. The predicted molar refractivity (Wildman–Crippen MR) is 79.4 cm³/mol. The quantitative estimate of drug-likeness (QED) is 0.815. The molecule has 0 aromatic heterocycles. The number of aryl methyl sites for hydroxylation is 1. The van der Waals surface area contributed by atoms with Crippen LogP contribution < -0.4 is 10.2 Å². The van der Waals surface area contributed by atoms with Crippen molar-refractivity contribution >= 4 is 23.5 Å². The lowest BCUT2D eigenvalue weighted by molar-refractivity contribution is -0.149. The van der Waals surface area contributed by atoms with E-state index in [1.807, 2.05) is 31.2 Å². The Labute approximate surface area is 128 Å². The lowest BCUT2D eigenvalue weighted by Crippen LogP contribution is -2.46. The van der Waals surface area contributed by atoms with Gasteiger partial charge >= 0.3 is 5.97 Å². The van der Waals surface area contributed by atoms with Crippen molar-refractivity contribution in [2.45, 2.75) is 32.2 Å². The van der Waals surface area contributed by atoms with Crippen LogP contribution in [0.2, 0.25) is 0 Å². The summed E-state index contributed by atoms with van der Waals surface area (Å²) >= 11 is 0. The lowest BCUT2D eigenvalue weighted by atomic mass is 10.1. The maximum absolute atomic E-state index is 12.4. The van der Waals surface area contributed by atoms with Crippen LogP contribution in [0.1, 0.15) is 24.8 Å². The summed E-state index contributed by atoms with van der Waals surface area (Å²) in [7, 11) is 0. The molecule has 0 bridgehead atoms. The smallest absolute Gasteiger partial charge is 0.319 e. The average molecular weight is 302 g/mol. The van der Waals surface area contributed by atoms with Crippen LogP contribution in [-0.2, 0) is 14.4 Å². The van der Waals surface area contributed by atoms with Crippen LogP contribution in [-0.4, -0.2) is 35.5 Å². The van der Waals surface area contributed by atoms with Gasteiger partial charge in [-0.2, -0.15) is 0 Å². The highest BCUT2D eigenvalue weighted by Crippen LogP contribution is 2.46. The Hall–Kier alpha value is -2.37. The van der Waals surface area contributed by atoms with Gasteiger partial charge in [0.05, 0.1) is 0 Å². The van der Waals surface area contributed by atoms with E-state index in [0.717, 1.165) is 11.3 Å². The van der Waals surface area contributed by atoms with Crippen LogP contribution in [0.15, 0.2) is 24.3 Å². The Balaban J connectivity index is 1.68. The summed E-state index contributed by atoms with van der Waals surface area (Å²) in [5.74, 6) is -1.83. The summed E-state index contributed by atoms with van der Waals surface area (Å²) in [6.45, 7) is 2.49. The molecular formula is C16H18N2O4. The van der Waals surface area contributed by atoms with Gasteiger partial charge in [-0.15, -0.1) is 0 Å². The van der Waals surface area contributed by atoms with Crippen LogP contribution in [0, 0.1) is 12.3 Å². The molecule has 1 atom stereocenters. The molecule has 2 aliphatic rings. The summed E-state index contributed by atoms with van der Waals surface area (Å²) in [5.41, 5.74) is 0.599. The SMILES string of the molecule is Cc1ccc(N2CCC(NC(=O)C3(C(=O)O)CC3)C2=O)cc1. The molecule has 1 unspecified atom stereocenters. The maximum Gasteiger partial charge on any atom is 0.319 e. The summed E-state index contributed by atoms with van der Waals surface area (Å²) in [6, 6.07) is 6.97. The van der Waals surface area contributed by atoms with E-state index in [4.69, 9.17) is 5.11 Å². The maximum atomic E-state index is 12.4. The van der Waals surface area contributed by atoms with Crippen molar-refractivity contribution in [3.8, 4) is 0 Å². The van der Waals surface area contributed by atoms with Crippen LogP contribution in [0.25, 0.3) is 0 Å². The molecule has 22 heavy (non-hydrogen) atoms. The zero-order valence-corrected chi connectivity index (χ0v) is 12.3. The van der Waals surface area contributed by atoms with E-state index >= 15 is 0 Å². The largest absolute Gasteiger partial charge is 0.480 e. The number of aliphatic carboxylic acids is 1. The second-order valence-electron chi connectivity index (χ2n) is 6.03. The number of carbonyl (C=O) groups is 3. The summed E-state index contributed by atoms with van der Waals surface area (Å²) in [6.07, 6.45) is 1.18. The standard InChI is InChI=1S/C16H18N2O4/c1-10-2-4-11(5-3-10)18-9-6-12(13(18)19)17-14(20)16(7-8-16)15(21)22/h2-5,12H,6-9H2,1H3,(H,17,20)(H,21,22). The molecule has 1 aromatic rings. The van der Waals surface area contributed by atoms with Crippen molar-refractivity contribution in [3.63, 3.8) is 0 Å². The van der Waals surface area contributed by atoms with Gasteiger partial charge in [-0.25, -0.2) is 0 Å². The zero-order valence-electron chi connectivity index (χ0n) is 12.3. The minimum absolute atomic E-state index is 0.182. The highest BCUT2D eigenvalue weighted by atomic mass is 16.4. The van der Waals surface area contributed by atoms with Gasteiger partial charge in [0.25, 0.3) is 0 Å². The first-order valence-electron chi connectivity index (χ1n) is 7.36. The molecular weight excluding hydrogens is 284 g/mol. The molecule has 2 fully saturated rings. The number of carboxylic acid groups (broad SMARTS) is 1. The third-order valence-corrected chi connectivity index (χ3v) is 4.45. The van der Waals surface area contributed by atoms with Crippen molar-refractivity contribution in [1.29, 1.82) is 0 Å². The molecule has 2 N–H and O–H groups in total. The number of nitrogens with one attached hydrogen (secondary N) is 1. The first-order chi connectivity index (χ1) is 10.4. The topological polar surface area (TPSA) is 86.7 Å². The number of carbonyl (C=O) groups excluding carboxylic acids is 2.